The van der Waals surface area contributed by atoms with Crippen LogP contribution >= 0.6 is 0 Å². The van der Waals surface area contributed by atoms with Crippen LogP contribution in [0.2, 0.25) is 0 Å². The standard InChI is InChI=1S/C17H20N2O/c1-3-6-13-9-11-14(12-10-13)19-17(20)15-7-4-5-8-16(15)18-2/h4-5,7-12,18H,3,6H2,1-2H3,(H,19,20). The summed E-state index contributed by atoms with van der Waals surface area (Å²) in [6.45, 7) is 2.16. The molecule has 0 radical (unpaired) electrons. The molecule has 0 bridgehead atoms. The Balaban J connectivity index is 2.11. The van der Waals surface area contributed by atoms with Gasteiger partial charge in [-0.2, -0.15) is 0 Å². The Bertz CT molecular complexity index is 576. The van der Waals surface area contributed by atoms with Gasteiger partial charge in [0.05, 0.1) is 5.56 Å². The van der Waals surface area contributed by atoms with E-state index < -0.39 is 0 Å². The third kappa shape index (κ3) is 3.38. The van der Waals surface area contributed by atoms with Crippen molar-refractivity contribution in [3.05, 3.63) is 59.7 Å². The number of benzene rings is 2. The van der Waals surface area contributed by atoms with Crippen LogP contribution in [0.4, 0.5) is 11.4 Å². The molecule has 104 valence electrons. The molecule has 1 amide bonds. The summed E-state index contributed by atoms with van der Waals surface area (Å²) in [6.07, 6.45) is 2.19. The Morgan fingerprint density at radius 2 is 1.75 bits per heavy atom. The predicted octanol–water partition coefficient (Wildman–Crippen LogP) is 3.93. The first-order chi connectivity index (χ1) is 9.74. The van der Waals surface area contributed by atoms with Crippen LogP contribution in [0.25, 0.3) is 0 Å². The van der Waals surface area contributed by atoms with E-state index in [9.17, 15) is 4.79 Å². The number of para-hydroxylation sites is 1. The molecule has 2 aromatic carbocycles. The van der Waals surface area contributed by atoms with Crippen LogP contribution in [0.5, 0.6) is 0 Å². The number of nitrogens with one attached hydrogen (secondary N) is 2. The highest BCUT2D eigenvalue weighted by Gasteiger charge is 2.09. The van der Waals surface area contributed by atoms with Crippen molar-refractivity contribution in [2.45, 2.75) is 19.8 Å². The summed E-state index contributed by atoms with van der Waals surface area (Å²) in [5, 5.41) is 5.95. The first-order valence-electron chi connectivity index (χ1n) is 6.91. The molecule has 0 fully saturated rings. The van der Waals surface area contributed by atoms with Gasteiger partial charge in [0.15, 0.2) is 0 Å². The molecule has 2 N–H and O–H groups in total. The van der Waals surface area contributed by atoms with E-state index in [1.54, 1.807) is 0 Å². The monoisotopic (exact) mass is 268 g/mol. The highest BCUT2D eigenvalue weighted by Crippen LogP contribution is 2.17. The molecule has 20 heavy (non-hydrogen) atoms. The molecule has 2 aromatic rings. The Labute approximate surface area is 120 Å². The minimum atomic E-state index is -0.0989. The zero-order chi connectivity index (χ0) is 14.4. The molecule has 0 saturated heterocycles. The molecule has 0 atom stereocenters. The molecule has 0 saturated carbocycles. The zero-order valence-electron chi connectivity index (χ0n) is 11.9. The van der Waals surface area contributed by atoms with Gasteiger partial charge in [-0.05, 0) is 36.2 Å². The van der Waals surface area contributed by atoms with Crippen LogP contribution in [-0.2, 0) is 6.42 Å². The van der Waals surface area contributed by atoms with Crippen LogP contribution in [0, 0.1) is 0 Å². The lowest BCUT2D eigenvalue weighted by Gasteiger charge is -2.10. The Hall–Kier alpha value is -2.29. The third-order valence-electron chi connectivity index (χ3n) is 3.19. The van der Waals surface area contributed by atoms with E-state index in [4.69, 9.17) is 0 Å². The van der Waals surface area contributed by atoms with Crippen LogP contribution < -0.4 is 10.6 Å². The Morgan fingerprint density at radius 1 is 1.05 bits per heavy atom. The molecule has 0 aromatic heterocycles. The summed E-state index contributed by atoms with van der Waals surface area (Å²) in [7, 11) is 1.81. The highest BCUT2D eigenvalue weighted by atomic mass is 16.1. The molecule has 0 heterocycles. The summed E-state index contributed by atoms with van der Waals surface area (Å²) in [5.74, 6) is -0.0989. The van der Waals surface area contributed by atoms with Crippen LogP contribution in [-0.4, -0.2) is 13.0 Å². The summed E-state index contributed by atoms with van der Waals surface area (Å²) < 4.78 is 0. The Kier molecular flexibility index (Phi) is 4.77. The fourth-order valence-electron chi connectivity index (χ4n) is 2.14. The van der Waals surface area contributed by atoms with Crippen LogP contribution in [0.15, 0.2) is 48.5 Å². The van der Waals surface area contributed by atoms with Gasteiger partial charge in [-0.15, -0.1) is 0 Å². The first kappa shape index (κ1) is 14.1. The fraction of sp³-hybridized carbons (Fsp3) is 0.235. The summed E-state index contributed by atoms with van der Waals surface area (Å²) in [5.41, 5.74) is 3.59. The van der Waals surface area contributed by atoms with E-state index in [1.807, 2.05) is 43.4 Å². The molecule has 0 spiro atoms. The number of hydrogen-bond donors (Lipinski definition) is 2. The molecule has 0 unspecified atom stereocenters. The van der Waals surface area contributed by atoms with Gasteiger partial charge >= 0.3 is 0 Å². The summed E-state index contributed by atoms with van der Waals surface area (Å²) in [6, 6.07) is 15.5. The number of rotatable bonds is 5. The van der Waals surface area contributed by atoms with Crippen LogP contribution in [0.3, 0.4) is 0 Å². The molecule has 0 aliphatic carbocycles. The first-order valence-corrected chi connectivity index (χ1v) is 6.91. The third-order valence-corrected chi connectivity index (χ3v) is 3.19. The van der Waals surface area contributed by atoms with E-state index in [1.165, 1.54) is 5.56 Å². The van der Waals surface area contributed by atoms with E-state index in [-0.39, 0.29) is 5.91 Å². The van der Waals surface area contributed by atoms with Gasteiger partial charge in [-0.3, -0.25) is 4.79 Å². The maximum Gasteiger partial charge on any atom is 0.257 e. The van der Waals surface area contributed by atoms with Gasteiger partial charge in [0.2, 0.25) is 0 Å². The van der Waals surface area contributed by atoms with Crippen molar-refractivity contribution in [2.24, 2.45) is 0 Å². The number of hydrogen-bond acceptors (Lipinski definition) is 2. The average molecular weight is 268 g/mol. The zero-order valence-corrected chi connectivity index (χ0v) is 11.9. The lowest BCUT2D eigenvalue weighted by molar-refractivity contribution is 0.102. The van der Waals surface area contributed by atoms with E-state index in [0.29, 0.717) is 5.56 Å². The maximum atomic E-state index is 12.3. The normalized spacial score (nSPS) is 10.1. The lowest BCUT2D eigenvalue weighted by atomic mass is 10.1. The van der Waals surface area contributed by atoms with Gasteiger partial charge in [-0.25, -0.2) is 0 Å². The molecular weight excluding hydrogens is 248 g/mol. The number of carbonyl (C=O) groups is 1. The second-order valence-corrected chi connectivity index (χ2v) is 4.70. The van der Waals surface area contributed by atoms with Crippen molar-refractivity contribution in [2.75, 3.05) is 17.7 Å². The van der Waals surface area contributed by atoms with Gasteiger partial charge in [0.25, 0.3) is 5.91 Å². The summed E-state index contributed by atoms with van der Waals surface area (Å²) >= 11 is 0. The number of carbonyl (C=O) groups excluding carboxylic acids is 1. The average Bonchev–Trinajstić information content (AvgIpc) is 2.49. The number of anilines is 2. The van der Waals surface area contributed by atoms with Crippen molar-refractivity contribution in [3.63, 3.8) is 0 Å². The minimum Gasteiger partial charge on any atom is -0.387 e. The van der Waals surface area contributed by atoms with Gasteiger partial charge in [0.1, 0.15) is 0 Å². The largest absolute Gasteiger partial charge is 0.387 e. The van der Waals surface area contributed by atoms with Gasteiger partial charge < -0.3 is 10.6 Å². The Morgan fingerprint density at radius 3 is 2.40 bits per heavy atom. The molecule has 2 rings (SSSR count). The van der Waals surface area contributed by atoms with E-state index in [2.05, 4.69) is 29.7 Å². The van der Waals surface area contributed by atoms with Crippen molar-refractivity contribution in [1.82, 2.24) is 0 Å². The number of amides is 1. The quantitative estimate of drug-likeness (QED) is 0.862. The fourth-order valence-corrected chi connectivity index (χ4v) is 2.14. The van der Waals surface area contributed by atoms with Crippen molar-refractivity contribution >= 4 is 17.3 Å². The molecule has 3 nitrogen and oxygen atoms in total. The SMILES string of the molecule is CCCc1ccc(NC(=O)c2ccccc2NC)cc1. The van der Waals surface area contributed by atoms with Crippen molar-refractivity contribution < 1.29 is 4.79 Å². The predicted molar refractivity (Wildman–Crippen MR) is 84.4 cm³/mol. The topological polar surface area (TPSA) is 41.1 Å². The van der Waals surface area contributed by atoms with Gasteiger partial charge in [0, 0.05) is 18.4 Å². The smallest absolute Gasteiger partial charge is 0.257 e. The number of aryl methyl sites for hydroxylation is 1. The molecule has 3 heteroatoms. The highest BCUT2D eigenvalue weighted by molar-refractivity contribution is 6.08. The molecule has 0 aliphatic rings. The van der Waals surface area contributed by atoms with Crippen LogP contribution in [0.1, 0.15) is 29.3 Å². The molecule has 0 aliphatic heterocycles. The second-order valence-electron chi connectivity index (χ2n) is 4.70. The van der Waals surface area contributed by atoms with Crippen molar-refractivity contribution in [3.8, 4) is 0 Å². The molecular formula is C17H20N2O. The lowest BCUT2D eigenvalue weighted by Crippen LogP contribution is -2.13. The summed E-state index contributed by atoms with van der Waals surface area (Å²) in [4.78, 5) is 12.3. The second kappa shape index (κ2) is 6.75. The van der Waals surface area contributed by atoms with Crippen molar-refractivity contribution in [1.29, 1.82) is 0 Å². The maximum absolute atomic E-state index is 12.3. The van der Waals surface area contributed by atoms with E-state index in [0.717, 1.165) is 24.2 Å². The minimum absolute atomic E-state index is 0.0989. The van der Waals surface area contributed by atoms with Gasteiger partial charge in [-0.1, -0.05) is 37.6 Å². The van der Waals surface area contributed by atoms with E-state index >= 15 is 0 Å².